The third kappa shape index (κ3) is 4.54. The van der Waals surface area contributed by atoms with Gasteiger partial charge in [-0.25, -0.2) is 9.18 Å². The Morgan fingerprint density at radius 1 is 1.06 bits per heavy atom. The third-order valence-electron chi connectivity index (χ3n) is 6.23. The molecule has 10 heteroatoms. The average Bonchev–Trinajstić information content (AvgIpc) is 3.59. The Morgan fingerprint density at radius 3 is 2.47 bits per heavy atom. The zero-order valence-electron chi connectivity index (χ0n) is 19.6. The van der Waals surface area contributed by atoms with Gasteiger partial charge in [-0.3, -0.25) is 9.59 Å². The molecule has 0 spiro atoms. The minimum atomic E-state index is -0.671. The van der Waals surface area contributed by atoms with Crippen LogP contribution in [0.2, 0.25) is 0 Å². The van der Waals surface area contributed by atoms with Gasteiger partial charge in [0, 0.05) is 42.3 Å². The van der Waals surface area contributed by atoms with Gasteiger partial charge in [0.1, 0.15) is 11.4 Å². The normalized spacial score (nSPS) is 13.8. The van der Waals surface area contributed by atoms with Crippen LogP contribution in [0.5, 0.6) is 0 Å². The predicted octanol–water partition coefficient (Wildman–Crippen LogP) is 4.45. The van der Waals surface area contributed by atoms with Crippen LogP contribution in [0.25, 0.3) is 10.9 Å². The smallest absolute Gasteiger partial charge is 0.345 e. The topological polar surface area (TPSA) is 71.8 Å². The van der Waals surface area contributed by atoms with Crippen molar-refractivity contribution in [2.45, 2.75) is 13.5 Å². The highest BCUT2D eigenvalue weighted by Crippen LogP contribution is 2.33. The van der Waals surface area contributed by atoms with Crippen LogP contribution in [-0.2, 0) is 11.3 Å². The summed E-state index contributed by atoms with van der Waals surface area (Å²) in [5.74, 6) is -1.03. The molecular weight excluding hydrogens is 501 g/mol. The van der Waals surface area contributed by atoms with Crippen LogP contribution < -0.4 is 10.5 Å². The summed E-state index contributed by atoms with van der Waals surface area (Å²) in [7, 11) is 0. The third-order valence-corrected chi connectivity index (χ3v) is 7.82. The predicted molar refractivity (Wildman–Crippen MR) is 140 cm³/mol. The van der Waals surface area contributed by atoms with E-state index in [4.69, 9.17) is 4.74 Å². The number of hydrogen-bond donors (Lipinski definition) is 0. The number of carbonyl (C=O) groups excluding carboxylic acids is 2. The van der Waals surface area contributed by atoms with Crippen LogP contribution in [0.4, 0.5) is 10.1 Å². The molecule has 0 saturated carbocycles. The number of halogens is 1. The van der Waals surface area contributed by atoms with Crippen molar-refractivity contribution in [1.82, 2.24) is 9.47 Å². The molecule has 0 atom stereocenters. The fraction of sp³-hybridized carbons (Fsp3) is 0.269. The van der Waals surface area contributed by atoms with Gasteiger partial charge in [0.05, 0.1) is 29.2 Å². The van der Waals surface area contributed by atoms with Crippen molar-refractivity contribution in [2.24, 2.45) is 0 Å². The quantitative estimate of drug-likeness (QED) is 0.348. The molecule has 1 aromatic carbocycles. The Kier molecular flexibility index (Phi) is 6.88. The lowest BCUT2D eigenvalue weighted by molar-refractivity contribution is 0.0523. The van der Waals surface area contributed by atoms with E-state index in [0.29, 0.717) is 42.3 Å². The Labute approximate surface area is 214 Å². The summed E-state index contributed by atoms with van der Waals surface area (Å²) in [5.41, 5.74) is 1.54. The van der Waals surface area contributed by atoms with Crippen molar-refractivity contribution in [2.75, 3.05) is 37.7 Å². The van der Waals surface area contributed by atoms with Gasteiger partial charge >= 0.3 is 5.97 Å². The average molecular weight is 526 g/mol. The Balaban J connectivity index is 1.53. The van der Waals surface area contributed by atoms with E-state index in [1.807, 2.05) is 33.2 Å². The summed E-state index contributed by atoms with van der Waals surface area (Å²) >= 11 is 2.85. The Morgan fingerprint density at radius 2 is 1.81 bits per heavy atom. The first-order chi connectivity index (χ1) is 17.5. The van der Waals surface area contributed by atoms with E-state index in [-0.39, 0.29) is 30.4 Å². The monoisotopic (exact) mass is 525 g/mol. The van der Waals surface area contributed by atoms with Gasteiger partial charge in [-0.1, -0.05) is 18.2 Å². The first kappa shape index (κ1) is 24.2. The van der Waals surface area contributed by atoms with Crippen molar-refractivity contribution < 1.29 is 18.7 Å². The van der Waals surface area contributed by atoms with Crippen molar-refractivity contribution in [3.8, 4) is 0 Å². The zero-order chi connectivity index (χ0) is 25.2. The summed E-state index contributed by atoms with van der Waals surface area (Å²) in [6, 6.07) is 9.62. The number of aromatic nitrogens is 1. The van der Waals surface area contributed by atoms with Crippen LogP contribution in [0.15, 0.2) is 57.3 Å². The van der Waals surface area contributed by atoms with E-state index in [9.17, 15) is 18.8 Å². The molecule has 186 valence electrons. The minimum Gasteiger partial charge on any atom is -0.462 e. The van der Waals surface area contributed by atoms with Crippen LogP contribution in [0.1, 0.15) is 32.5 Å². The highest BCUT2D eigenvalue weighted by molar-refractivity contribution is 7.12. The first-order valence-electron chi connectivity index (χ1n) is 11.6. The molecule has 1 aliphatic heterocycles. The summed E-state index contributed by atoms with van der Waals surface area (Å²) in [4.78, 5) is 44.2. The number of amides is 1. The molecule has 3 aromatic heterocycles. The lowest BCUT2D eigenvalue weighted by Crippen LogP contribution is -2.49. The number of rotatable bonds is 6. The number of nitrogens with zero attached hydrogens (tertiary/aromatic N) is 3. The molecule has 36 heavy (non-hydrogen) atoms. The van der Waals surface area contributed by atoms with Crippen LogP contribution in [0, 0.1) is 5.82 Å². The van der Waals surface area contributed by atoms with E-state index in [1.165, 1.54) is 34.8 Å². The SMILES string of the molecule is CCOC(=O)c1c(N2CCN(C(=O)c3cccs3)CC2)c2cscc2n(Cc2ccc(F)cc2)c1=O. The van der Waals surface area contributed by atoms with Crippen molar-refractivity contribution in [3.63, 3.8) is 0 Å². The lowest BCUT2D eigenvalue weighted by atomic mass is 10.1. The molecule has 1 amide bonds. The molecular formula is C26H24FN3O4S2. The summed E-state index contributed by atoms with van der Waals surface area (Å²) < 4.78 is 20.3. The van der Waals surface area contributed by atoms with Gasteiger partial charge in [0.15, 0.2) is 0 Å². The zero-order valence-corrected chi connectivity index (χ0v) is 21.2. The molecule has 1 fully saturated rings. The van der Waals surface area contributed by atoms with Gasteiger partial charge < -0.3 is 19.1 Å². The lowest BCUT2D eigenvalue weighted by Gasteiger charge is -2.37. The second-order valence-electron chi connectivity index (χ2n) is 8.39. The van der Waals surface area contributed by atoms with E-state index in [0.717, 1.165) is 10.9 Å². The largest absolute Gasteiger partial charge is 0.462 e. The standard InChI is InChI=1S/C26H24FN3O4S2/c1-2-34-26(33)22-23(28-9-11-29(12-10-28)24(31)21-4-3-13-36-21)19-15-35-16-20(19)30(25(22)32)14-17-5-7-18(27)8-6-17/h3-8,13,15-16H,2,9-12,14H2,1H3. The summed E-state index contributed by atoms with van der Waals surface area (Å²) in [5, 5.41) is 6.47. The molecule has 0 radical (unpaired) electrons. The molecule has 0 unspecified atom stereocenters. The first-order valence-corrected chi connectivity index (χ1v) is 13.4. The van der Waals surface area contributed by atoms with Gasteiger partial charge in [-0.2, -0.15) is 0 Å². The number of pyridine rings is 1. The number of fused-ring (bicyclic) bond motifs is 1. The maximum atomic E-state index is 13.8. The van der Waals surface area contributed by atoms with Gasteiger partial charge in [-0.05, 0) is 36.1 Å². The number of piperazine rings is 1. The van der Waals surface area contributed by atoms with E-state index in [1.54, 1.807) is 28.5 Å². The van der Waals surface area contributed by atoms with Gasteiger partial charge in [-0.15, -0.1) is 22.7 Å². The second kappa shape index (κ2) is 10.2. The van der Waals surface area contributed by atoms with E-state index in [2.05, 4.69) is 0 Å². The molecule has 4 heterocycles. The Bertz CT molecular complexity index is 1450. The molecule has 1 saturated heterocycles. The van der Waals surface area contributed by atoms with Crippen molar-refractivity contribution in [3.05, 3.63) is 84.7 Å². The van der Waals surface area contributed by atoms with E-state index >= 15 is 0 Å². The molecule has 4 aromatic rings. The van der Waals surface area contributed by atoms with Crippen molar-refractivity contribution in [1.29, 1.82) is 0 Å². The molecule has 7 nitrogen and oxygen atoms in total. The molecule has 1 aliphatic rings. The second-order valence-corrected chi connectivity index (χ2v) is 10.1. The highest BCUT2D eigenvalue weighted by atomic mass is 32.1. The van der Waals surface area contributed by atoms with Crippen LogP contribution in [-0.4, -0.2) is 54.1 Å². The highest BCUT2D eigenvalue weighted by Gasteiger charge is 2.30. The van der Waals surface area contributed by atoms with Gasteiger partial charge in [0.2, 0.25) is 0 Å². The van der Waals surface area contributed by atoms with Gasteiger partial charge in [0.25, 0.3) is 11.5 Å². The fourth-order valence-corrected chi connectivity index (χ4v) is 6.00. The maximum absolute atomic E-state index is 13.8. The number of esters is 1. The maximum Gasteiger partial charge on any atom is 0.345 e. The number of anilines is 1. The Hall–Kier alpha value is -3.50. The number of carbonyl (C=O) groups is 2. The minimum absolute atomic E-state index is 0.00865. The summed E-state index contributed by atoms with van der Waals surface area (Å²) in [6.07, 6.45) is 0. The van der Waals surface area contributed by atoms with Crippen molar-refractivity contribution >= 4 is 51.1 Å². The van der Waals surface area contributed by atoms with E-state index < -0.39 is 11.5 Å². The number of benzene rings is 1. The molecule has 5 rings (SSSR count). The molecule has 0 aliphatic carbocycles. The molecule has 0 N–H and O–H groups in total. The fourth-order valence-electron chi connectivity index (χ4n) is 4.49. The number of ether oxygens (including phenoxy) is 1. The number of hydrogen-bond acceptors (Lipinski definition) is 7. The number of thiophene rings is 2. The summed E-state index contributed by atoms with van der Waals surface area (Å²) in [6.45, 7) is 3.95. The molecule has 0 bridgehead atoms. The van der Waals surface area contributed by atoms with Crippen LogP contribution >= 0.6 is 22.7 Å². The van der Waals surface area contributed by atoms with Crippen LogP contribution in [0.3, 0.4) is 0 Å².